The highest BCUT2D eigenvalue weighted by Gasteiger charge is 2.31. The maximum Gasteiger partial charge on any atom is 0.573 e. The van der Waals surface area contributed by atoms with E-state index in [-0.39, 0.29) is 30.2 Å². The first kappa shape index (κ1) is 22.2. The molecule has 1 aromatic carbocycles. The minimum atomic E-state index is -4.76. The Labute approximate surface area is 175 Å². The summed E-state index contributed by atoms with van der Waals surface area (Å²) in [5.74, 6) is -0.0449. The highest BCUT2D eigenvalue weighted by molar-refractivity contribution is 7.13. The summed E-state index contributed by atoms with van der Waals surface area (Å²) >= 11 is 1.33. The Hall–Kier alpha value is -2.53. The maximum atomic E-state index is 12.4. The number of carbonyl (C=O) groups is 1. The number of thiazole rings is 1. The summed E-state index contributed by atoms with van der Waals surface area (Å²) in [6, 6.07) is 5.16. The van der Waals surface area contributed by atoms with Crippen molar-refractivity contribution < 1.29 is 32.5 Å². The number of aliphatic hydroxyl groups is 1. The smallest absolute Gasteiger partial charge is 0.490 e. The van der Waals surface area contributed by atoms with Crippen molar-refractivity contribution in [2.45, 2.75) is 38.1 Å². The average molecular weight is 445 g/mol. The van der Waals surface area contributed by atoms with E-state index in [0.29, 0.717) is 43.9 Å². The zero-order chi connectivity index (χ0) is 21.6. The monoisotopic (exact) mass is 445 g/mol. The molecule has 1 aliphatic heterocycles. The third-order valence-corrected chi connectivity index (χ3v) is 5.23. The molecule has 0 unspecified atom stereocenters. The summed E-state index contributed by atoms with van der Waals surface area (Å²) in [6.45, 7) is 1.01. The number of hydrogen-bond acceptors (Lipinski definition) is 6. The molecule has 0 saturated carbocycles. The van der Waals surface area contributed by atoms with Crippen molar-refractivity contribution in [1.82, 2.24) is 9.88 Å². The van der Waals surface area contributed by atoms with Crippen LogP contribution in [0.5, 0.6) is 11.5 Å². The molecule has 2 heterocycles. The van der Waals surface area contributed by atoms with E-state index < -0.39 is 6.36 Å². The Kier molecular flexibility index (Phi) is 7.38. The predicted molar refractivity (Wildman–Crippen MR) is 105 cm³/mol. The van der Waals surface area contributed by atoms with Gasteiger partial charge >= 0.3 is 12.4 Å². The van der Waals surface area contributed by atoms with Crippen molar-refractivity contribution in [2.75, 3.05) is 25.0 Å². The molecular formula is C19H22F3N3O4S. The van der Waals surface area contributed by atoms with Crippen molar-refractivity contribution in [3.05, 3.63) is 35.3 Å². The third kappa shape index (κ3) is 6.77. The van der Waals surface area contributed by atoms with E-state index in [9.17, 15) is 18.0 Å². The number of ether oxygens (including phenoxy) is 2. The number of urea groups is 1. The van der Waals surface area contributed by atoms with Crippen LogP contribution in [0.25, 0.3) is 0 Å². The van der Waals surface area contributed by atoms with E-state index >= 15 is 0 Å². The quantitative estimate of drug-likeness (QED) is 0.672. The Morgan fingerprint density at radius 1 is 1.30 bits per heavy atom. The number of rotatable bonds is 7. The fourth-order valence-electron chi connectivity index (χ4n) is 3.02. The largest absolute Gasteiger partial charge is 0.573 e. The molecule has 2 aromatic rings. The molecule has 2 amide bonds. The van der Waals surface area contributed by atoms with Crippen LogP contribution in [0, 0.1) is 0 Å². The number of hydrogen-bond donors (Lipinski definition) is 2. The minimum Gasteiger partial charge on any atom is -0.490 e. The Bertz CT molecular complexity index is 838. The number of alkyl halides is 3. The predicted octanol–water partition coefficient (Wildman–Crippen LogP) is 4.04. The van der Waals surface area contributed by atoms with Gasteiger partial charge in [0.05, 0.1) is 5.69 Å². The van der Waals surface area contributed by atoms with Crippen molar-refractivity contribution in [1.29, 1.82) is 0 Å². The number of carbonyl (C=O) groups excluding carboxylic acids is 1. The van der Waals surface area contributed by atoms with Crippen LogP contribution in [0.4, 0.5) is 23.1 Å². The second-order valence-corrected chi connectivity index (χ2v) is 7.59. The Morgan fingerprint density at radius 2 is 2.03 bits per heavy atom. The van der Waals surface area contributed by atoms with Crippen molar-refractivity contribution in [3.8, 4) is 11.5 Å². The summed E-state index contributed by atoms with van der Waals surface area (Å²) in [5, 5.41) is 14.0. The van der Waals surface area contributed by atoms with Crippen molar-refractivity contribution in [2.24, 2.45) is 0 Å². The van der Waals surface area contributed by atoms with Gasteiger partial charge < -0.3 is 19.5 Å². The summed E-state index contributed by atoms with van der Waals surface area (Å²) in [4.78, 5) is 18.4. The van der Waals surface area contributed by atoms with E-state index in [1.54, 1.807) is 11.0 Å². The van der Waals surface area contributed by atoms with Gasteiger partial charge in [0.15, 0.2) is 5.13 Å². The number of anilines is 1. The summed E-state index contributed by atoms with van der Waals surface area (Å²) in [7, 11) is 0. The lowest BCUT2D eigenvalue weighted by molar-refractivity contribution is -0.274. The molecule has 11 heteroatoms. The van der Waals surface area contributed by atoms with Gasteiger partial charge in [-0.25, -0.2) is 9.78 Å². The topological polar surface area (TPSA) is 83.9 Å². The fourth-order valence-corrected chi connectivity index (χ4v) is 3.76. The number of nitrogens with zero attached hydrogens (tertiary/aromatic N) is 2. The number of aryl methyl sites for hydroxylation is 1. The molecule has 164 valence electrons. The number of amides is 2. The molecule has 0 radical (unpaired) electrons. The minimum absolute atomic E-state index is 0.0931. The molecule has 0 bridgehead atoms. The number of likely N-dealkylation sites (tertiary alicyclic amines) is 1. The highest BCUT2D eigenvalue weighted by atomic mass is 32.1. The van der Waals surface area contributed by atoms with Crippen LogP contribution in [0.2, 0.25) is 0 Å². The third-order valence-electron chi connectivity index (χ3n) is 4.43. The molecule has 30 heavy (non-hydrogen) atoms. The van der Waals surface area contributed by atoms with Gasteiger partial charge in [0.2, 0.25) is 0 Å². The van der Waals surface area contributed by atoms with Gasteiger partial charge in [-0.2, -0.15) is 0 Å². The lowest BCUT2D eigenvalue weighted by Crippen LogP contribution is -2.43. The average Bonchev–Trinajstić information content (AvgIpc) is 3.13. The lowest BCUT2D eigenvalue weighted by atomic mass is 10.1. The van der Waals surface area contributed by atoms with Gasteiger partial charge in [0, 0.05) is 44.0 Å². The normalized spacial score (nSPS) is 15.1. The van der Waals surface area contributed by atoms with Crippen molar-refractivity contribution in [3.63, 3.8) is 0 Å². The molecule has 2 N–H and O–H groups in total. The van der Waals surface area contributed by atoms with E-state index in [1.807, 2.05) is 5.38 Å². The standard InChI is InChI=1S/C19H22F3N3O4S/c20-19(21,22)29-16-5-1-4-15(11-16)28-14-6-8-25(9-7-14)18(27)24-17-23-13(12-30-17)3-2-10-26/h1,4-5,11-12,14,26H,2-3,6-10H2,(H,23,24,27). The van der Waals surface area contributed by atoms with Crippen LogP contribution in [0.1, 0.15) is 25.0 Å². The van der Waals surface area contributed by atoms with Crippen molar-refractivity contribution >= 4 is 22.5 Å². The lowest BCUT2D eigenvalue weighted by Gasteiger charge is -2.32. The van der Waals surface area contributed by atoms with E-state index in [2.05, 4.69) is 15.0 Å². The van der Waals surface area contributed by atoms with E-state index in [1.165, 1.54) is 29.5 Å². The van der Waals surface area contributed by atoms with Gasteiger partial charge in [0.1, 0.15) is 17.6 Å². The van der Waals surface area contributed by atoms with Crippen LogP contribution in [-0.2, 0) is 6.42 Å². The first-order chi connectivity index (χ1) is 14.3. The summed E-state index contributed by atoms with van der Waals surface area (Å²) < 4.78 is 46.7. The number of aromatic nitrogens is 1. The van der Waals surface area contributed by atoms with Crippen LogP contribution in [-0.4, -0.2) is 53.2 Å². The second kappa shape index (κ2) is 9.98. The zero-order valence-corrected chi connectivity index (χ0v) is 16.8. The molecule has 1 aromatic heterocycles. The molecule has 1 aliphatic rings. The molecule has 0 spiro atoms. The van der Waals surface area contributed by atoms with E-state index in [4.69, 9.17) is 9.84 Å². The van der Waals surface area contributed by atoms with Crippen LogP contribution in [0.3, 0.4) is 0 Å². The number of nitrogens with one attached hydrogen (secondary N) is 1. The van der Waals surface area contributed by atoms with E-state index in [0.717, 1.165) is 5.69 Å². The first-order valence-electron chi connectivity index (χ1n) is 9.46. The molecule has 0 aliphatic carbocycles. The number of piperidine rings is 1. The Balaban J connectivity index is 1.46. The van der Waals surface area contributed by atoms with Crippen LogP contribution in [0.15, 0.2) is 29.6 Å². The van der Waals surface area contributed by atoms with Gasteiger partial charge in [0.25, 0.3) is 0 Å². The first-order valence-corrected chi connectivity index (χ1v) is 10.3. The van der Waals surface area contributed by atoms with Gasteiger partial charge in [-0.15, -0.1) is 24.5 Å². The van der Waals surface area contributed by atoms with Crippen LogP contribution >= 0.6 is 11.3 Å². The SMILES string of the molecule is O=C(Nc1nc(CCCO)cs1)N1CCC(Oc2cccc(OC(F)(F)F)c2)CC1. The maximum absolute atomic E-state index is 12.4. The van der Waals surface area contributed by atoms with Crippen LogP contribution < -0.4 is 14.8 Å². The second-order valence-electron chi connectivity index (χ2n) is 6.73. The molecular weight excluding hydrogens is 423 g/mol. The van der Waals surface area contributed by atoms with Gasteiger partial charge in [-0.3, -0.25) is 5.32 Å². The molecule has 0 atom stereocenters. The van der Waals surface area contributed by atoms with Gasteiger partial charge in [-0.1, -0.05) is 6.07 Å². The Morgan fingerprint density at radius 3 is 2.73 bits per heavy atom. The molecule has 1 saturated heterocycles. The van der Waals surface area contributed by atoms with Gasteiger partial charge in [-0.05, 0) is 25.0 Å². The number of aliphatic hydroxyl groups excluding tert-OH is 1. The number of halogens is 3. The molecule has 7 nitrogen and oxygen atoms in total. The summed E-state index contributed by atoms with van der Waals surface area (Å²) in [5.41, 5.74) is 0.827. The molecule has 3 rings (SSSR count). The highest BCUT2D eigenvalue weighted by Crippen LogP contribution is 2.28. The summed E-state index contributed by atoms with van der Waals surface area (Å²) in [6.07, 6.45) is -2.58. The zero-order valence-electron chi connectivity index (χ0n) is 16.0. The molecule has 1 fully saturated rings. The fraction of sp³-hybridized carbons (Fsp3) is 0.474. The number of benzene rings is 1.